The molecule has 1 aliphatic carbocycles. The van der Waals surface area contributed by atoms with Crippen LogP contribution < -0.4 is 4.90 Å². The highest BCUT2D eigenvalue weighted by atomic mass is 79.9. The predicted octanol–water partition coefficient (Wildman–Crippen LogP) is 6.23. The summed E-state index contributed by atoms with van der Waals surface area (Å²) in [5, 5.41) is 0.838. The highest BCUT2D eigenvalue weighted by Crippen LogP contribution is 2.42. The fourth-order valence-corrected chi connectivity index (χ4v) is 4.15. The Bertz CT molecular complexity index is 711. The van der Waals surface area contributed by atoms with E-state index in [1.165, 1.54) is 33.3 Å². The molecule has 22 heavy (non-hydrogen) atoms. The molecule has 0 heterocycles. The lowest BCUT2D eigenvalue weighted by Crippen LogP contribution is -2.27. The first-order chi connectivity index (χ1) is 10.5. The maximum absolute atomic E-state index is 6.18. The fourth-order valence-electron chi connectivity index (χ4n) is 3.47. The SMILES string of the molecule is CCN(c1ccc(Cl)c(C)c1)C1CCc2c1ccc(C)c2Br. The highest BCUT2D eigenvalue weighted by Gasteiger charge is 2.29. The number of hydrogen-bond donors (Lipinski definition) is 0. The number of nitrogens with zero attached hydrogens (tertiary/aromatic N) is 1. The molecule has 0 saturated carbocycles. The summed E-state index contributed by atoms with van der Waals surface area (Å²) in [7, 11) is 0. The Kier molecular flexibility index (Phi) is 4.52. The van der Waals surface area contributed by atoms with Crippen LogP contribution in [0.15, 0.2) is 34.8 Å². The molecule has 1 nitrogen and oxygen atoms in total. The molecule has 3 heteroatoms. The third-order valence-electron chi connectivity index (χ3n) is 4.69. The standard InChI is InChI=1S/C19H21BrClN/c1-4-22(14-6-9-17(21)13(3)11-14)18-10-8-16-15(18)7-5-12(2)19(16)20/h5-7,9,11,18H,4,8,10H2,1-3H3. The number of fused-ring (bicyclic) bond motifs is 1. The second-order valence-corrected chi connectivity index (χ2v) is 7.24. The van der Waals surface area contributed by atoms with Gasteiger partial charge < -0.3 is 4.90 Å². The molecule has 116 valence electrons. The predicted molar refractivity (Wildman–Crippen MR) is 99.2 cm³/mol. The van der Waals surface area contributed by atoms with E-state index in [4.69, 9.17) is 11.6 Å². The molecule has 0 bridgehead atoms. The molecule has 1 atom stereocenters. The van der Waals surface area contributed by atoms with Crippen LogP contribution in [0.3, 0.4) is 0 Å². The van der Waals surface area contributed by atoms with Gasteiger partial charge >= 0.3 is 0 Å². The maximum atomic E-state index is 6.18. The summed E-state index contributed by atoms with van der Waals surface area (Å²) in [5.74, 6) is 0. The lowest BCUT2D eigenvalue weighted by Gasteiger charge is -2.31. The molecule has 1 unspecified atom stereocenters. The number of benzene rings is 2. The molecular weight excluding hydrogens is 358 g/mol. The van der Waals surface area contributed by atoms with E-state index in [9.17, 15) is 0 Å². The third-order valence-corrected chi connectivity index (χ3v) is 6.22. The van der Waals surface area contributed by atoms with Gasteiger partial charge in [-0.05, 0) is 74.1 Å². The van der Waals surface area contributed by atoms with E-state index in [1.54, 1.807) is 0 Å². The van der Waals surface area contributed by atoms with Crippen LogP contribution in [0.2, 0.25) is 5.02 Å². The van der Waals surface area contributed by atoms with Gasteiger partial charge in [-0.2, -0.15) is 0 Å². The molecule has 2 aromatic rings. The summed E-state index contributed by atoms with van der Waals surface area (Å²) in [4.78, 5) is 2.50. The monoisotopic (exact) mass is 377 g/mol. The summed E-state index contributed by atoms with van der Waals surface area (Å²) in [6.07, 6.45) is 2.32. The minimum Gasteiger partial charge on any atom is -0.365 e. The zero-order valence-electron chi connectivity index (χ0n) is 13.3. The van der Waals surface area contributed by atoms with Crippen molar-refractivity contribution in [3.8, 4) is 0 Å². The average Bonchev–Trinajstić information content (AvgIpc) is 2.92. The van der Waals surface area contributed by atoms with Crippen LogP contribution in [-0.4, -0.2) is 6.54 Å². The van der Waals surface area contributed by atoms with Crippen molar-refractivity contribution in [1.82, 2.24) is 0 Å². The molecule has 3 rings (SSSR count). The topological polar surface area (TPSA) is 3.24 Å². The summed E-state index contributed by atoms with van der Waals surface area (Å²) < 4.78 is 1.29. The Morgan fingerprint density at radius 1 is 1.18 bits per heavy atom. The Labute approximate surface area is 146 Å². The van der Waals surface area contributed by atoms with Crippen LogP contribution >= 0.6 is 27.5 Å². The molecule has 2 aromatic carbocycles. The van der Waals surface area contributed by atoms with Crippen molar-refractivity contribution in [1.29, 1.82) is 0 Å². The second-order valence-electron chi connectivity index (χ2n) is 6.04. The quantitative estimate of drug-likeness (QED) is 0.611. The molecule has 0 spiro atoms. The number of hydrogen-bond acceptors (Lipinski definition) is 1. The average molecular weight is 379 g/mol. The molecule has 0 saturated heterocycles. The zero-order valence-corrected chi connectivity index (χ0v) is 15.6. The van der Waals surface area contributed by atoms with Crippen molar-refractivity contribution >= 4 is 33.2 Å². The van der Waals surface area contributed by atoms with Crippen molar-refractivity contribution in [3.63, 3.8) is 0 Å². The normalized spacial score (nSPS) is 16.7. The van der Waals surface area contributed by atoms with Crippen LogP contribution in [0, 0.1) is 13.8 Å². The molecule has 0 N–H and O–H groups in total. The van der Waals surface area contributed by atoms with Gasteiger partial charge in [0.2, 0.25) is 0 Å². The van der Waals surface area contributed by atoms with Gasteiger partial charge in [0.05, 0.1) is 6.04 Å². The number of anilines is 1. The van der Waals surface area contributed by atoms with Gasteiger partial charge in [-0.15, -0.1) is 0 Å². The molecule has 1 aliphatic rings. The third kappa shape index (κ3) is 2.68. The minimum absolute atomic E-state index is 0.456. The highest BCUT2D eigenvalue weighted by molar-refractivity contribution is 9.10. The van der Waals surface area contributed by atoms with E-state index in [2.05, 4.69) is 65.9 Å². The van der Waals surface area contributed by atoms with E-state index < -0.39 is 0 Å². The smallest absolute Gasteiger partial charge is 0.0548 e. The second kappa shape index (κ2) is 6.25. The Morgan fingerprint density at radius 2 is 1.95 bits per heavy atom. The van der Waals surface area contributed by atoms with E-state index in [0.29, 0.717) is 6.04 Å². The molecule has 0 radical (unpaired) electrons. The number of aryl methyl sites for hydroxylation is 2. The number of rotatable bonds is 3. The van der Waals surface area contributed by atoms with Gasteiger partial charge in [0.15, 0.2) is 0 Å². The van der Waals surface area contributed by atoms with Crippen LogP contribution in [0.1, 0.15) is 41.6 Å². The Hall–Kier alpha value is -0.990. The van der Waals surface area contributed by atoms with E-state index >= 15 is 0 Å². The van der Waals surface area contributed by atoms with Crippen molar-refractivity contribution in [2.45, 2.75) is 39.7 Å². The lowest BCUT2D eigenvalue weighted by atomic mass is 10.0. The molecule has 0 aromatic heterocycles. The van der Waals surface area contributed by atoms with Crippen molar-refractivity contribution in [2.24, 2.45) is 0 Å². The van der Waals surface area contributed by atoms with Crippen molar-refractivity contribution in [2.75, 3.05) is 11.4 Å². The molecular formula is C19H21BrClN. The van der Waals surface area contributed by atoms with Crippen LogP contribution in [0.25, 0.3) is 0 Å². The Balaban J connectivity index is 2.00. The number of halogens is 2. The van der Waals surface area contributed by atoms with Crippen LogP contribution in [-0.2, 0) is 6.42 Å². The first kappa shape index (κ1) is 15.9. The summed E-state index contributed by atoms with van der Waals surface area (Å²) in [6, 6.07) is 11.3. The van der Waals surface area contributed by atoms with Gasteiger partial charge in [-0.3, -0.25) is 0 Å². The molecule has 0 fully saturated rings. The largest absolute Gasteiger partial charge is 0.365 e. The lowest BCUT2D eigenvalue weighted by molar-refractivity contribution is 0.628. The molecule has 0 aliphatic heterocycles. The van der Waals surface area contributed by atoms with E-state index in [0.717, 1.165) is 23.6 Å². The molecule has 0 amide bonds. The Morgan fingerprint density at radius 3 is 2.64 bits per heavy atom. The fraction of sp³-hybridized carbons (Fsp3) is 0.368. The summed E-state index contributed by atoms with van der Waals surface area (Å²) in [6.45, 7) is 7.46. The van der Waals surface area contributed by atoms with Crippen molar-refractivity contribution < 1.29 is 0 Å². The summed E-state index contributed by atoms with van der Waals surface area (Å²) >= 11 is 9.95. The van der Waals surface area contributed by atoms with Gasteiger partial charge in [0.25, 0.3) is 0 Å². The van der Waals surface area contributed by atoms with Gasteiger partial charge in [-0.1, -0.05) is 39.7 Å². The minimum atomic E-state index is 0.456. The first-order valence-corrected chi connectivity index (χ1v) is 9.00. The zero-order chi connectivity index (χ0) is 15.9. The van der Waals surface area contributed by atoms with Crippen LogP contribution in [0.5, 0.6) is 0 Å². The van der Waals surface area contributed by atoms with E-state index in [-0.39, 0.29) is 0 Å². The van der Waals surface area contributed by atoms with E-state index in [1.807, 2.05) is 6.07 Å². The van der Waals surface area contributed by atoms with Gasteiger partial charge in [0.1, 0.15) is 0 Å². The van der Waals surface area contributed by atoms with Crippen LogP contribution in [0.4, 0.5) is 5.69 Å². The maximum Gasteiger partial charge on any atom is 0.0548 e. The van der Waals surface area contributed by atoms with Crippen molar-refractivity contribution in [3.05, 3.63) is 62.1 Å². The van der Waals surface area contributed by atoms with Gasteiger partial charge in [-0.25, -0.2) is 0 Å². The summed E-state index contributed by atoms with van der Waals surface area (Å²) in [5.41, 5.74) is 6.67. The first-order valence-electron chi connectivity index (χ1n) is 7.83. The van der Waals surface area contributed by atoms with Gasteiger partial charge in [0, 0.05) is 21.7 Å².